The van der Waals surface area contributed by atoms with E-state index in [1.54, 1.807) is 6.92 Å². The second kappa shape index (κ2) is 5.65. The lowest BCUT2D eigenvalue weighted by molar-refractivity contribution is -0.119. The highest BCUT2D eigenvalue weighted by molar-refractivity contribution is 5.72. The van der Waals surface area contributed by atoms with Gasteiger partial charge in [0.25, 0.3) is 0 Å². The molecule has 0 saturated heterocycles. The Kier molecular flexibility index (Phi) is 4.46. The van der Waals surface area contributed by atoms with Gasteiger partial charge >= 0.3 is 0 Å². The fourth-order valence-electron chi connectivity index (χ4n) is 1.52. The van der Waals surface area contributed by atoms with Gasteiger partial charge in [0.1, 0.15) is 18.0 Å². The van der Waals surface area contributed by atoms with Gasteiger partial charge in [-0.25, -0.2) is 4.98 Å². The van der Waals surface area contributed by atoms with Crippen molar-refractivity contribution in [3.05, 3.63) is 17.3 Å². The molecule has 0 fully saturated rings. The van der Waals surface area contributed by atoms with Crippen molar-refractivity contribution in [2.75, 3.05) is 18.0 Å². The third-order valence-electron chi connectivity index (χ3n) is 2.56. The Morgan fingerprint density at radius 2 is 2.11 bits per heavy atom. The van der Waals surface area contributed by atoms with Gasteiger partial charge in [-0.2, -0.15) is 0 Å². The number of nitrogens with zero attached hydrogens (tertiary/aromatic N) is 1. The normalized spacial score (nSPS) is 14.0. The molecule has 100 valence electrons. The van der Waals surface area contributed by atoms with Gasteiger partial charge in [0, 0.05) is 24.7 Å². The molecule has 7 heteroatoms. The summed E-state index contributed by atoms with van der Waals surface area (Å²) in [6.07, 6.45) is -2.33. The molecule has 1 heterocycles. The van der Waals surface area contributed by atoms with Crippen LogP contribution in [0.1, 0.15) is 24.3 Å². The number of nitrogens with two attached hydrogens (primary N) is 2. The highest BCUT2D eigenvalue weighted by atomic mass is 16.3. The van der Waals surface area contributed by atoms with Crippen molar-refractivity contribution in [1.82, 2.24) is 10.3 Å². The van der Waals surface area contributed by atoms with Crippen molar-refractivity contribution >= 4 is 17.4 Å². The molecule has 7 nitrogen and oxygen atoms in total. The van der Waals surface area contributed by atoms with Crippen molar-refractivity contribution in [3.63, 3.8) is 0 Å². The molecule has 18 heavy (non-hydrogen) atoms. The van der Waals surface area contributed by atoms with E-state index in [0.29, 0.717) is 11.3 Å². The van der Waals surface area contributed by atoms with Gasteiger partial charge in [-0.15, -0.1) is 0 Å². The number of nitrogen functional groups attached to an aromatic ring is 2. The van der Waals surface area contributed by atoms with Crippen LogP contribution in [-0.4, -0.2) is 33.8 Å². The molecule has 0 saturated carbocycles. The van der Waals surface area contributed by atoms with Crippen molar-refractivity contribution < 1.29 is 15.0 Å². The van der Waals surface area contributed by atoms with Crippen LogP contribution < -0.4 is 16.8 Å². The van der Waals surface area contributed by atoms with E-state index in [1.165, 1.54) is 13.0 Å². The minimum atomic E-state index is -1.19. The van der Waals surface area contributed by atoms with E-state index in [0.717, 1.165) is 0 Å². The van der Waals surface area contributed by atoms with E-state index in [4.69, 9.17) is 11.5 Å². The highest BCUT2D eigenvalue weighted by Crippen LogP contribution is 2.24. The first kappa shape index (κ1) is 14.2. The number of pyridine rings is 1. The topological polar surface area (TPSA) is 134 Å². The van der Waals surface area contributed by atoms with Crippen molar-refractivity contribution in [3.8, 4) is 0 Å². The van der Waals surface area contributed by atoms with E-state index in [1.807, 2.05) is 0 Å². The predicted octanol–water partition coefficient (Wildman–Crippen LogP) is -0.915. The van der Waals surface area contributed by atoms with Crippen LogP contribution in [0.25, 0.3) is 0 Å². The maximum Gasteiger partial charge on any atom is 0.216 e. The summed E-state index contributed by atoms with van der Waals surface area (Å²) in [6, 6.07) is 1.47. The summed E-state index contributed by atoms with van der Waals surface area (Å²) in [6.45, 7) is 2.92. The average Bonchev–Trinajstić information content (AvgIpc) is 2.29. The molecule has 0 bridgehead atoms. The summed E-state index contributed by atoms with van der Waals surface area (Å²) < 4.78 is 0. The number of rotatable bonds is 4. The number of nitrogens with one attached hydrogen (secondary N) is 1. The second-order valence-electron chi connectivity index (χ2n) is 4.09. The van der Waals surface area contributed by atoms with E-state index in [2.05, 4.69) is 10.3 Å². The molecule has 2 atom stereocenters. The van der Waals surface area contributed by atoms with Gasteiger partial charge in [-0.1, -0.05) is 0 Å². The fourth-order valence-corrected chi connectivity index (χ4v) is 1.52. The Morgan fingerprint density at radius 3 is 2.67 bits per heavy atom. The summed E-state index contributed by atoms with van der Waals surface area (Å²) in [5.74, 6) is -0.104. The SMILES string of the molecule is CC(=O)NCC(O)C(O)c1cc(N)c(N)nc1C. The molecule has 0 aromatic carbocycles. The van der Waals surface area contributed by atoms with Gasteiger partial charge in [0.05, 0.1) is 5.69 Å². The van der Waals surface area contributed by atoms with Crippen molar-refractivity contribution in [2.24, 2.45) is 0 Å². The quantitative estimate of drug-likeness (QED) is 0.472. The lowest BCUT2D eigenvalue weighted by atomic mass is 10.0. The molecule has 1 aromatic heterocycles. The van der Waals surface area contributed by atoms with Crippen molar-refractivity contribution in [1.29, 1.82) is 0 Å². The lowest BCUT2D eigenvalue weighted by Crippen LogP contribution is -2.34. The molecular weight excluding hydrogens is 236 g/mol. The van der Waals surface area contributed by atoms with Gasteiger partial charge < -0.3 is 27.0 Å². The van der Waals surface area contributed by atoms with Crippen LogP contribution in [0.3, 0.4) is 0 Å². The molecule has 7 N–H and O–H groups in total. The molecule has 0 aliphatic heterocycles. The minimum absolute atomic E-state index is 0.0553. The number of amides is 1. The maximum absolute atomic E-state index is 10.7. The van der Waals surface area contributed by atoms with Crippen LogP contribution in [0, 0.1) is 6.92 Å². The number of carbonyl (C=O) groups excluding carboxylic acids is 1. The van der Waals surface area contributed by atoms with E-state index >= 15 is 0 Å². The zero-order valence-electron chi connectivity index (χ0n) is 10.3. The van der Waals surface area contributed by atoms with Crippen LogP contribution in [0.2, 0.25) is 0 Å². The van der Waals surface area contributed by atoms with Crippen LogP contribution >= 0.6 is 0 Å². The third kappa shape index (κ3) is 3.31. The first-order valence-corrected chi connectivity index (χ1v) is 5.46. The summed E-state index contributed by atoms with van der Waals surface area (Å²) in [5, 5.41) is 22.1. The Balaban J connectivity index is 2.86. The van der Waals surface area contributed by atoms with Gasteiger partial charge in [-0.3, -0.25) is 4.79 Å². The second-order valence-corrected chi connectivity index (χ2v) is 4.09. The third-order valence-corrected chi connectivity index (χ3v) is 2.56. The van der Waals surface area contributed by atoms with E-state index in [9.17, 15) is 15.0 Å². The Hall–Kier alpha value is -1.86. The number of aliphatic hydroxyl groups excluding tert-OH is 2. The maximum atomic E-state index is 10.7. The Labute approximate surface area is 105 Å². The predicted molar refractivity (Wildman–Crippen MR) is 67.4 cm³/mol. The van der Waals surface area contributed by atoms with Crippen molar-refractivity contribution in [2.45, 2.75) is 26.1 Å². The number of aromatic nitrogens is 1. The summed E-state index contributed by atoms with van der Waals surface area (Å²) in [7, 11) is 0. The molecule has 2 unspecified atom stereocenters. The van der Waals surface area contributed by atoms with Crippen LogP contribution in [0.4, 0.5) is 11.5 Å². The standard InChI is InChI=1S/C11H18N4O3/c1-5-7(3-8(12)11(13)15-5)10(18)9(17)4-14-6(2)16/h3,9-10,17-18H,4,12H2,1-2H3,(H2,13,15)(H,14,16). The molecule has 1 aromatic rings. The van der Waals surface area contributed by atoms with E-state index < -0.39 is 12.2 Å². The number of hydrogen-bond donors (Lipinski definition) is 5. The Morgan fingerprint density at radius 1 is 1.50 bits per heavy atom. The van der Waals surface area contributed by atoms with Crippen LogP contribution in [-0.2, 0) is 4.79 Å². The molecule has 1 rings (SSSR count). The number of aliphatic hydroxyl groups is 2. The summed E-state index contributed by atoms with van der Waals surface area (Å²) in [5.41, 5.74) is 12.2. The summed E-state index contributed by atoms with van der Waals surface area (Å²) >= 11 is 0. The number of carbonyl (C=O) groups is 1. The molecule has 0 radical (unpaired) electrons. The van der Waals surface area contributed by atoms with Gasteiger partial charge in [-0.05, 0) is 13.0 Å². The first-order valence-electron chi connectivity index (χ1n) is 5.46. The fraction of sp³-hybridized carbons (Fsp3) is 0.455. The minimum Gasteiger partial charge on any atom is -0.396 e. The number of aryl methyl sites for hydroxylation is 1. The largest absolute Gasteiger partial charge is 0.396 e. The molecular formula is C11H18N4O3. The van der Waals surface area contributed by atoms with Crippen LogP contribution in [0.15, 0.2) is 6.07 Å². The molecule has 0 aliphatic rings. The number of hydrogen-bond acceptors (Lipinski definition) is 6. The summed E-state index contributed by atoms with van der Waals surface area (Å²) in [4.78, 5) is 14.7. The monoisotopic (exact) mass is 254 g/mol. The zero-order chi connectivity index (χ0) is 13.9. The zero-order valence-corrected chi connectivity index (χ0v) is 10.3. The molecule has 0 spiro atoms. The highest BCUT2D eigenvalue weighted by Gasteiger charge is 2.21. The first-order chi connectivity index (χ1) is 8.32. The lowest BCUT2D eigenvalue weighted by Gasteiger charge is -2.20. The van der Waals surface area contributed by atoms with Gasteiger partial charge in [0.2, 0.25) is 5.91 Å². The van der Waals surface area contributed by atoms with Crippen LogP contribution in [0.5, 0.6) is 0 Å². The molecule has 1 amide bonds. The number of anilines is 2. The van der Waals surface area contributed by atoms with Gasteiger partial charge in [0.15, 0.2) is 0 Å². The molecule has 0 aliphatic carbocycles. The smallest absolute Gasteiger partial charge is 0.216 e. The Bertz CT molecular complexity index is 450. The average molecular weight is 254 g/mol. The van der Waals surface area contributed by atoms with E-state index in [-0.39, 0.29) is 24.0 Å².